The molecule has 0 spiro atoms. The average molecular weight is 246 g/mol. The number of rotatable bonds is 6. The molecule has 6 nitrogen and oxygen atoms in total. The van der Waals surface area contributed by atoms with Crippen LogP contribution in [0.25, 0.3) is 0 Å². The van der Waals surface area contributed by atoms with Crippen molar-refractivity contribution in [1.29, 1.82) is 0 Å². The van der Waals surface area contributed by atoms with Gasteiger partial charge >= 0.3 is 0 Å². The van der Waals surface area contributed by atoms with Gasteiger partial charge in [-0.1, -0.05) is 0 Å². The highest BCUT2D eigenvalue weighted by molar-refractivity contribution is 4.82. The summed E-state index contributed by atoms with van der Waals surface area (Å²) >= 11 is 0. The molecule has 6 N–H and O–H groups in total. The van der Waals surface area contributed by atoms with E-state index < -0.39 is 18.5 Å². The molecule has 0 aromatic rings. The minimum absolute atomic E-state index is 0.0679. The summed E-state index contributed by atoms with van der Waals surface area (Å²) < 4.78 is 0. The molecule has 0 amide bonds. The van der Waals surface area contributed by atoms with Crippen LogP contribution in [-0.2, 0) is 0 Å². The lowest BCUT2D eigenvalue weighted by Gasteiger charge is -2.34. The number of aliphatic hydroxyl groups is 2. The van der Waals surface area contributed by atoms with Crippen molar-refractivity contribution in [3.63, 3.8) is 0 Å². The maximum atomic E-state index is 9.36. The zero-order valence-corrected chi connectivity index (χ0v) is 10.9. The van der Waals surface area contributed by atoms with Crippen molar-refractivity contribution in [2.75, 3.05) is 6.54 Å². The standard InChI is InChI=1S/C11H26N4O2/c1-7(16)11(12)13-8(2)15-6-4-5-10(15)14-9(3)17/h7-11,13-14,16-17H,4-6,12H2,1-3H3. The molecule has 6 heteroatoms. The van der Waals surface area contributed by atoms with Crippen molar-refractivity contribution in [2.24, 2.45) is 5.73 Å². The summed E-state index contributed by atoms with van der Waals surface area (Å²) in [5, 5.41) is 25.0. The predicted octanol–water partition coefficient (Wildman–Crippen LogP) is -1.06. The van der Waals surface area contributed by atoms with E-state index in [1.54, 1.807) is 13.8 Å². The summed E-state index contributed by atoms with van der Waals surface area (Å²) in [5.74, 6) is 0. The summed E-state index contributed by atoms with van der Waals surface area (Å²) in [6.45, 7) is 6.37. The second kappa shape index (κ2) is 6.63. The molecular weight excluding hydrogens is 220 g/mol. The lowest BCUT2D eigenvalue weighted by molar-refractivity contribution is 0.0548. The van der Waals surface area contributed by atoms with Gasteiger partial charge in [-0.2, -0.15) is 0 Å². The zero-order valence-electron chi connectivity index (χ0n) is 10.9. The number of hydrogen-bond donors (Lipinski definition) is 5. The molecule has 1 heterocycles. The van der Waals surface area contributed by atoms with E-state index in [2.05, 4.69) is 15.5 Å². The van der Waals surface area contributed by atoms with E-state index in [1.807, 2.05) is 6.92 Å². The summed E-state index contributed by atoms with van der Waals surface area (Å²) in [4.78, 5) is 2.22. The van der Waals surface area contributed by atoms with Gasteiger partial charge in [-0.25, -0.2) is 0 Å². The van der Waals surface area contributed by atoms with E-state index in [0.29, 0.717) is 0 Å². The first-order valence-electron chi connectivity index (χ1n) is 6.31. The van der Waals surface area contributed by atoms with Gasteiger partial charge in [0.1, 0.15) is 6.23 Å². The lowest BCUT2D eigenvalue weighted by atomic mass is 10.3. The Bertz CT molecular complexity index is 226. The van der Waals surface area contributed by atoms with Crippen LogP contribution >= 0.6 is 0 Å². The van der Waals surface area contributed by atoms with Gasteiger partial charge in [0.05, 0.1) is 24.6 Å². The third-order valence-electron chi connectivity index (χ3n) is 3.18. The molecular formula is C11H26N4O2. The van der Waals surface area contributed by atoms with Crippen LogP contribution in [0, 0.1) is 0 Å². The molecule has 1 aliphatic rings. The fourth-order valence-electron chi connectivity index (χ4n) is 2.22. The molecule has 1 fully saturated rings. The van der Waals surface area contributed by atoms with E-state index in [0.717, 1.165) is 19.4 Å². The van der Waals surface area contributed by atoms with Crippen molar-refractivity contribution >= 4 is 0 Å². The van der Waals surface area contributed by atoms with E-state index in [9.17, 15) is 10.2 Å². The van der Waals surface area contributed by atoms with Crippen molar-refractivity contribution in [3.8, 4) is 0 Å². The Morgan fingerprint density at radius 1 is 1.29 bits per heavy atom. The first kappa shape index (κ1) is 14.8. The molecule has 0 aromatic carbocycles. The van der Waals surface area contributed by atoms with Crippen molar-refractivity contribution < 1.29 is 10.2 Å². The lowest BCUT2D eigenvalue weighted by Crippen LogP contribution is -2.58. The Hall–Kier alpha value is -0.240. The van der Waals surface area contributed by atoms with Crippen LogP contribution in [0.3, 0.4) is 0 Å². The van der Waals surface area contributed by atoms with Gasteiger partial charge in [-0.15, -0.1) is 0 Å². The minimum Gasteiger partial charge on any atom is -0.390 e. The predicted molar refractivity (Wildman–Crippen MR) is 66.8 cm³/mol. The summed E-state index contributed by atoms with van der Waals surface area (Å²) in [7, 11) is 0. The quantitative estimate of drug-likeness (QED) is 0.384. The molecule has 0 saturated carbocycles. The van der Waals surface area contributed by atoms with Crippen LogP contribution in [0.2, 0.25) is 0 Å². The molecule has 1 rings (SSSR count). The van der Waals surface area contributed by atoms with Crippen LogP contribution in [-0.4, -0.2) is 52.5 Å². The van der Waals surface area contributed by atoms with Crippen molar-refractivity contribution in [3.05, 3.63) is 0 Å². The molecule has 1 aliphatic heterocycles. The summed E-state index contributed by atoms with van der Waals surface area (Å²) in [5.41, 5.74) is 5.77. The van der Waals surface area contributed by atoms with Gasteiger partial charge in [0, 0.05) is 6.54 Å². The summed E-state index contributed by atoms with van der Waals surface area (Å²) in [6, 6.07) is 0. The zero-order chi connectivity index (χ0) is 13.0. The van der Waals surface area contributed by atoms with Crippen LogP contribution in [0.1, 0.15) is 33.6 Å². The maximum Gasteiger partial charge on any atom is 0.103 e. The van der Waals surface area contributed by atoms with Gasteiger partial charge < -0.3 is 15.9 Å². The van der Waals surface area contributed by atoms with Crippen molar-refractivity contribution in [2.45, 2.75) is 64.4 Å². The second-order valence-electron chi connectivity index (χ2n) is 4.85. The smallest absolute Gasteiger partial charge is 0.103 e. The Morgan fingerprint density at radius 2 is 1.94 bits per heavy atom. The first-order valence-corrected chi connectivity index (χ1v) is 6.31. The molecule has 0 aliphatic carbocycles. The van der Waals surface area contributed by atoms with Crippen LogP contribution in [0.5, 0.6) is 0 Å². The molecule has 0 aromatic heterocycles. The highest BCUT2D eigenvalue weighted by Crippen LogP contribution is 2.17. The van der Waals surface area contributed by atoms with Crippen LogP contribution in [0.15, 0.2) is 0 Å². The molecule has 17 heavy (non-hydrogen) atoms. The number of nitrogens with one attached hydrogen (secondary N) is 2. The molecule has 1 saturated heterocycles. The Labute approximate surface area is 103 Å². The van der Waals surface area contributed by atoms with Gasteiger partial charge in [0.15, 0.2) is 0 Å². The Kier molecular flexibility index (Phi) is 5.78. The number of likely N-dealkylation sites (tertiary alicyclic amines) is 1. The molecule has 5 atom stereocenters. The second-order valence-corrected chi connectivity index (χ2v) is 4.85. The molecule has 102 valence electrons. The SMILES string of the molecule is CC(O)NC1CCCN1C(C)NC(N)C(C)O. The van der Waals surface area contributed by atoms with Gasteiger partial charge in [0.25, 0.3) is 0 Å². The molecule has 0 bridgehead atoms. The van der Waals surface area contributed by atoms with E-state index >= 15 is 0 Å². The number of nitrogens with zero attached hydrogens (tertiary/aromatic N) is 1. The number of aliphatic hydroxyl groups excluding tert-OH is 2. The fourth-order valence-corrected chi connectivity index (χ4v) is 2.22. The number of hydrogen-bond acceptors (Lipinski definition) is 6. The first-order chi connectivity index (χ1) is 7.91. The van der Waals surface area contributed by atoms with E-state index in [1.165, 1.54) is 0 Å². The van der Waals surface area contributed by atoms with Gasteiger partial charge in [-0.05, 0) is 33.6 Å². The largest absolute Gasteiger partial charge is 0.390 e. The number of nitrogens with two attached hydrogens (primary N) is 1. The summed E-state index contributed by atoms with van der Waals surface area (Å²) in [6.07, 6.45) is 0.817. The minimum atomic E-state index is -0.580. The molecule has 0 radical (unpaired) electrons. The highest BCUT2D eigenvalue weighted by atomic mass is 16.3. The third-order valence-corrected chi connectivity index (χ3v) is 3.18. The van der Waals surface area contributed by atoms with Crippen molar-refractivity contribution in [1.82, 2.24) is 15.5 Å². The normalized spacial score (nSPS) is 28.9. The van der Waals surface area contributed by atoms with E-state index in [-0.39, 0.29) is 12.3 Å². The Balaban J connectivity index is 2.46. The topological polar surface area (TPSA) is 93.8 Å². The molecule has 5 unspecified atom stereocenters. The third kappa shape index (κ3) is 4.50. The van der Waals surface area contributed by atoms with Crippen LogP contribution < -0.4 is 16.4 Å². The monoisotopic (exact) mass is 246 g/mol. The maximum absolute atomic E-state index is 9.36. The fraction of sp³-hybridized carbons (Fsp3) is 1.00. The van der Waals surface area contributed by atoms with Gasteiger partial charge in [0.2, 0.25) is 0 Å². The van der Waals surface area contributed by atoms with E-state index in [4.69, 9.17) is 5.73 Å². The Morgan fingerprint density at radius 3 is 2.47 bits per heavy atom. The van der Waals surface area contributed by atoms with Crippen LogP contribution in [0.4, 0.5) is 0 Å². The highest BCUT2D eigenvalue weighted by Gasteiger charge is 2.29. The van der Waals surface area contributed by atoms with Gasteiger partial charge in [-0.3, -0.25) is 15.5 Å². The average Bonchev–Trinajstić information content (AvgIpc) is 2.64.